The molecule has 0 aliphatic heterocycles. The number of ether oxygens (including phenoxy) is 2. The second-order valence-corrected chi connectivity index (χ2v) is 3.25. The van der Waals surface area contributed by atoms with Gasteiger partial charge in [-0.05, 0) is 0 Å². The molecule has 0 spiro atoms. The van der Waals surface area contributed by atoms with Gasteiger partial charge in [0.1, 0.15) is 0 Å². The molecule has 1 N–H and O–H groups in total. The van der Waals surface area contributed by atoms with E-state index in [1.807, 2.05) is 0 Å². The lowest BCUT2D eigenvalue weighted by Crippen LogP contribution is -2.20. The Morgan fingerprint density at radius 1 is 1.56 bits per heavy atom. The average Bonchev–Trinajstić information content (AvgIpc) is 2.26. The molecule has 18 heavy (non-hydrogen) atoms. The Morgan fingerprint density at radius 3 is 2.56 bits per heavy atom. The number of aromatic nitrogens is 1. The van der Waals surface area contributed by atoms with E-state index < -0.39 is 29.5 Å². The number of aromatic carboxylic acids is 1. The van der Waals surface area contributed by atoms with Crippen LogP contribution in [0.15, 0.2) is 6.07 Å². The van der Waals surface area contributed by atoms with Crippen LogP contribution in [0, 0.1) is 0 Å². The van der Waals surface area contributed by atoms with Crippen molar-refractivity contribution in [2.45, 2.75) is 12.2 Å². The summed E-state index contributed by atoms with van der Waals surface area (Å²) in [6.07, 6.45) is -5.05. The molecule has 0 saturated carbocycles. The lowest BCUT2D eigenvalue weighted by atomic mass is 10.2. The van der Waals surface area contributed by atoms with Gasteiger partial charge < -0.3 is 14.6 Å². The summed E-state index contributed by atoms with van der Waals surface area (Å²) in [5, 5.41) is 8.79. The fourth-order valence-corrected chi connectivity index (χ4v) is 1.28. The maximum atomic E-state index is 12.2. The summed E-state index contributed by atoms with van der Waals surface area (Å²) in [6.45, 7) is 0. The van der Waals surface area contributed by atoms with Gasteiger partial charge >= 0.3 is 12.3 Å². The lowest BCUT2D eigenvalue weighted by Gasteiger charge is -2.14. The van der Waals surface area contributed by atoms with Crippen LogP contribution < -0.4 is 9.47 Å². The number of hydrogen-bond acceptors (Lipinski definition) is 4. The standard InChI is InChI=1S/C9H7ClF3NO4/c1-17-5-2-4(3-10)14-6(8(15)16)7(5)18-9(11,12)13/h2H,3H2,1H3,(H,15,16). The molecule has 5 nitrogen and oxygen atoms in total. The van der Waals surface area contributed by atoms with E-state index in [0.29, 0.717) is 0 Å². The number of carboxylic acids is 1. The molecule has 100 valence electrons. The molecule has 1 rings (SSSR count). The maximum Gasteiger partial charge on any atom is 0.573 e. The number of halogens is 4. The summed E-state index contributed by atoms with van der Waals surface area (Å²) >= 11 is 5.44. The predicted molar refractivity (Wildman–Crippen MR) is 54.0 cm³/mol. The molecule has 0 bridgehead atoms. The van der Waals surface area contributed by atoms with Crippen LogP contribution in [-0.4, -0.2) is 29.5 Å². The number of nitrogens with zero attached hydrogens (tertiary/aromatic N) is 1. The molecule has 0 fully saturated rings. The molecule has 1 heterocycles. The molecule has 1 aromatic heterocycles. The third kappa shape index (κ3) is 3.39. The Hall–Kier alpha value is -1.70. The minimum absolute atomic E-state index is 0.0560. The average molecular weight is 286 g/mol. The normalized spacial score (nSPS) is 11.2. The Balaban J connectivity index is 3.39. The van der Waals surface area contributed by atoms with Crippen LogP contribution in [0.2, 0.25) is 0 Å². The minimum Gasteiger partial charge on any atom is -0.493 e. The van der Waals surface area contributed by atoms with E-state index in [1.54, 1.807) is 0 Å². The smallest absolute Gasteiger partial charge is 0.493 e. The summed E-state index contributed by atoms with van der Waals surface area (Å²) in [6, 6.07) is 1.07. The highest BCUT2D eigenvalue weighted by Gasteiger charge is 2.35. The van der Waals surface area contributed by atoms with Crippen molar-refractivity contribution in [1.29, 1.82) is 0 Å². The number of rotatable bonds is 4. The molecule has 0 radical (unpaired) electrons. The van der Waals surface area contributed by atoms with Crippen molar-refractivity contribution < 1.29 is 32.5 Å². The largest absolute Gasteiger partial charge is 0.573 e. The SMILES string of the molecule is COc1cc(CCl)nc(C(=O)O)c1OC(F)(F)F. The summed E-state index contributed by atoms with van der Waals surface area (Å²) in [5.74, 6) is -3.27. The second-order valence-electron chi connectivity index (χ2n) is 2.98. The summed E-state index contributed by atoms with van der Waals surface area (Å²) in [4.78, 5) is 14.3. The van der Waals surface area contributed by atoms with Crippen molar-refractivity contribution >= 4 is 17.6 Å². The Bertz CT molecular complexity index is 464. The van der Waals surface area contributed by atoms with Crippen molar-refractivity contribution in [1.82, 2.24) is 4.98 Å². The zero-order chi connectivity index (χ0) is 13.9. The molecule has 0 unspecified atom stereocenters. The third-order valence-electron chi connectivity index (χ3n) is 1.77. The summed E-state index contributed by atoms with van der Waals surface area (Å²) in [5.41, 5.74) is -0.859. The van der Waals surface area contributed by atoms with Gasteiger partial charge in [0.05, 0.1) is 18.7 Å². The molecular weight excluding hydrogens is 279 g/mol. The van der Waals surface area contributed by atoms with Gasteiger partial charge in [-0.15, -0.1) is 24.8 Å². The Morgan fingerprint density at radius 2 is 2.17 bits per heavy atom. The molecule has 0 aliphatic carbocycles. The van der Waals surface area contributed by atoms with Crippen LogP contribution in [0.4, 0.5) is 13.2 Å². The molecule has 1 aromatic rings. The number of carbonyl (C=O) groups is 1. The molecule has 0 saturated heterocycles. The van der Waals surface area contributed by atoms with Crippen LogP contribution in [0.5, 0.6) is 11.5 Å². The quantitative estimate of drug-likeness (QED) is 0.861. The predicted octanol–water partition coefficient (Wildman–Crippen LogP) is 2.43. The van der Waals surface area contributed by atoms with Crippen LogP contribution in [0.1, 0.15) is 16.2 Å². The second kappa shape index (κ2) is 5.30. The van der Waals surface area contributed by atoms with Gasteiger partial charge in [-0.2, -0.15) is 0 Å². The van der Waals surface area contributed by atoms with Crippen LogP contribution in [-0.2, 0) is 5.88 Å². The summed E-state index contributed by atoms with van der Waals surface area (Å²) < 4.78 is 44.7. The molecular formula is C9H7ClF3NO4. The number of carboxylic acid groups (broad SMARTS) is 1. The van der Waals surface area contributed by atoms with Crippen LogP contribution in [0.3, 0.4) is 0 Å². The van der Waals surface area contributed by atoms with Crippen molar-refractivity contribution in [3.05, 3.63) is 17.5 Å². The van der Waals surface area contributed by atoms with Crippen LogP contribution >= 0.6 is 11.6 Å². The van der Waals surface area contributed by atoms with E-state index in [0.717, 1.165) is 13.2 Å². The van der Waals surface area contributed by atoms with E-state index in [-0.39, 0.29) is 11.6 Å². The Kier molecular flexibility index (Phi) is 4.23. The van der Waals surface area contributed by atoms with Gasteiger partial charge in [0, 0.05) is 6.07 Å². The molecule has 0 amide bonds. The highest BCUT2D eigenvalue weighted by molar-refractivity contribution is 6.17. The maximum absolute atomic E-state index is 12.2. The van der Waals surface area contributed by atoms with Crippen LogP contribution in [0.25, 0.3) is 0 Å². The molecule has 9 heteroatoms. The van der Waals surface area contributed by atoms with Gasteiger partial charge in [0.2, 0.25) is 5.75 Å². The minimum atomic E-state index is -5.05. The fraction of sp³-hybridized carbons (Fsp3) is 0.333. The first-order chi connectivity index (χ1) is 8.28. The zero-order valence-corrected chi connectivity index (χ0v) is 9.67. The number of pyridine rings is 1. The van der Waals surface area contributed by atoms with Gasteiger partial charge in [0.25, 0.3) is 0 Å². The highest BCUT2D eigenvalue weighted by Crippen LogP contribution is 2.35. The van der Waals surface area contributed by atoms with Gasteiger partial charge in [0.15, 0.2) is 11.4 Å². The molecule has 0 atom stereocenters. The van der Waals surface area contributed by atoms with Gasteiger partial charge in [-0.1, -0.05) is 0 Å². The number of methoxy groups -OCH3 is 1. The van der Waals surface area contributed by atoms with E-state index >= 15 is 0 Å². The lowest BCUT2D eigenvalue weighted by molar-refractivity contribution is -0.275. The molecule has 0 aromatic carbocycles. The van der Waals surface area contributed by atoms with Crippen molar-refractivity contribution in [3.63, 3.8) is 0 Å². The Labute approximate surface area is 104 Å². The van der Waals surface area contributed by atoms with Gasteiger partial charge in [-0.3, -0.25) is 0 Å². The van der Waals surface area contributed by atoms with E-state index in [4.69, 9.17) is 16.7 Å². The number of hydrogen-bond donors (Lipinski definition) is 1. The van der Waals surface area contributed by atoms with Crippen molar-refractivity contribution in [2.75, 3.05) is 7.11 Å². The highest BCUT2D eigenvalue weighted by atomic mass is 35.5. The zero-order valence-electron chi connectivity index (χ0n) is 8.92. The fourth-order valence-electron chi connectivity index (χ4n) is 1.14. The number of alkyl halides is 4. The van der Waals surface area contributed by atoms with Gasteiger partial charge in [-0.25, -0.2) is 9.78 Å². The van der Waals surface area contributed by atoms with Crippen molar-refractivity contribution in [2.24, 2.45) is 0 Å². The first-order valence-corrected chi connectivity index (χ1v) is 4.95. The summed E-state index contributed by atoms with van der Waals surface area (Å²) in [7, 11) is 1.07. The van der Waals surface area contributed by atoms with E-state index in [9.17, 15) is 18.0 Å². The van der Waals surface area contributed by atoms with Crippen molar-refractivity contribution in [3.8, 4) is 11.5 Å². The third-order valence-corrected chi connectivity index (χ3v) is 2.04. The molecule has 0 aliphatic rings. The monoisotopic (exact) mass is 285 g/mol. The first kappa shape index (κ1) is 14.4. The van der Waals surface area contributed by atoms with E-state index in [2.05, 4.69) is 14.5 Å². The van der Waals surface area contributed by atoms with E-state index in [1.165, 1.54) is 0 Å². The topological polar surface area (TPSA) is 68.7 Å². The first-order valence-electron chi connectivity index (χ1n) is 4.41.